The summed E-state index contributed by atoms with van der Waals surface area (Å²) in [4.78, 5) is 57.4. The summed E-state index contributed by atoms with van der Waals surface area (Å²) in [5.41, 5.74) is 0.509. The van der Waals surface area contributed by atoms with Gasteiger partial charge in [0.1, 0.15) is 30.0 Å². The molecule has 2 amide bonds. The Morgan fingerprint density at radius 2 is 1.94 bits per heavy atom. The van der Waals surface area contributed by atoms with E-state index in [9.17, 15) is 19.2 Å². The minimum atomic E-state index is -0.803. The quantitative estimate of drug-likeness (QED) is 0.436. The van der Waals surface area contributed by atoms with Gasteiger partial charge in [-0.3, -0.25) is 28.8 Å². The summed E-state index contributed by atoms with van der Waals surface area (Å²) in [5, 5.41) is 0.343. The van der Waals surface area contributed by atoms with Crippen molar-refractivity contribution in [3.8, 4) is 0 Å². The van der Waals surface area contributed by atoms with Crippen molar-refractivity contribution < 1.29 is 19.2 Å². The monoisotopic (exact) mass is 508 g/mol. The Balaban J connectivity index is 1.97. The molecule has 13 heteroatoms. The number of carbonyl (C=O) groups is 3. The molecule has 0 atom stereocenters. The van der Waals surface area contributed by atoms with E-state index < -0.39 is 12.5 Å². The number of amides is 2. The molecule has 1 aromatic carbocycles. The number of nitrogens with two attached hydrogens (primary N) is 1. The number of nitrogens with zero attached hydrogens (tertiary/aromatic N) is 3. The molecule has 0 radical (unpaired) electrons. The zero-order chi connectivity index (χ0) is 23.0. The molecular weight excluding hydrogens is 493 g/mol. The Morgan fingerprint density at radius 3 is 2.56 bits per heavy atom. The van der Waals surface area contributed by atoms with Gasteiger partial charge >= 0.3 is 5.97 Å². The largest absolute Gasteiger partial charge is 0.372 e. The minimum Gasteiger partial charge on any atom is -0.372 e. The highest BCUT2D eigenvalue weighted by Gasteiger charge is 2.34. The average Bonchev–Trinajstić information content (AvgIpc) is 3.39. The first-order chi connectivity index (χ1) is 15.3. The molecule has 9 nitrogen and oxygen atoms in total. The van der Waals surface area contributed by atoms with Gasteiger partial charge in [0, 0.05) is 7.05 Å². The molecule has 1 aromatic heterocycles. The molecule has 2 saturated heterocycles. The van der Waals surface area contributed by atoms with Gasteiger partial charge in [0.25, 0.3) is 11.5 Å². The van der Waals surface area contributed by atoms with Crippen LogP contribution < -0.4 is 20.7 Å². The molecule has 0 unspecified atom stereocenters. The van der Waals surface area contributed by atoms with Crippen LogP contribution in [0, 0.1) is 0 Å². The summed E-state index contributed by atoms with van der Waals surface area (Å²) < 4.78 is 2.61. The summed E-state index contributed by atoms with van der Waals surface area (Å²) in [6, 6.07) is 9.35. The van der Waals surface area contributed by atoms with Crippen LogP contribution in [-0.4, -0.2) is 55.8 Å². The van der Waals surface area contributed by atoms with Crippen molar-refractivity contribution in [3.05, 3.63) is 55.4 Å². The van der Waals surface area contributed by atoms with E-state index in [1.165, 1.54) is 14.4 Å². The third-order valence-electron chi connectivity index (χ3n) is 4.71. The molecule has 32 heavy (non-hydrogen) atoms. The Bertz CT molecular complexity index is 1320. The summed E-state index contributed by atoms with van der Waals surface area (Å²) >= 11 is 8.63. The minimum absolute atomic E-state index is 0.0790. The number of thioether (sulfide) groups is 2. The summed E-state index contributed by atoms with van der Waals surface area (Å²) in [7, 11) is 1.58. The van der Waals surface area contributed by atoms with E-state index in [0.717, 1.165) is 40.4 Å². The third kappa shape index (κ3) is 4.13. The van der Waals surface area contributed by atoms with Crippen molar-refractivity contribution in [2.24, 2.45) is 5.90 Å². The summed E-state index contributed by atoms with van der Waals surface area (Å²) in [6.45, 7) is -0.170. The van der Waals surface area contributed by atoms with Crippen LogP contribution in [0.2, 0.25) is 0 Å². The lowest BCUT2D eigenvalue weighted by atomic mass is 10.2. The summed E-state index contributed by atoms with van der Waals surface area (Å²) in [6.07, 6.45) is 0. The van der Waals surface area contributed by atoms with Crippen LogP contribution in [0.5, 0.6) is 0 Å². The number of carbonyl (C=O) groups excluding carboxylic acids is 3. The highest BCUT2D eigenvalue weighted by atomic mass is 32.2. The number of thiocarbonyl (C=S) groups is 1. The lowest BCUT2D eigenvalue weighted by Gasteiger charge is -2.13. The van der Waals surface area contributed by atoms with Crippen LogP contribution in [0.25, 0.3) is 9.93 Å². The zero-order valence-corrected chi connectivity index (χ0v) is 19.9. The fourth-order valence-corrected chi connectivity index (χ4v) is 6.79. The molecule has 2 aliphatic rings. The maximum absolute atomic E-state index is 13.5. The first-order valence-corrected chi connectivity index (χ1v) is 12.2. The van der Waals surface area contributed by atoms with Gasteiger partial charge in [0.05, 0.1) is 12.3 Å². The van der Waals surface area contributed by atoms with Crippen LogP contribution in [0.15, 0.2) is 35.1 Å². The van der Waals surface area contributed by atoms with Crippen molar-refractivity contribution in [2.45, 2.75) is 6.54 Å². The highest BCUT2D eigenvalue weighted by molar-refractivity contribution is 8.30. The van der Waals surface area contributed by atoms with Crippen molar-refractivity contribution in [1.29, 1.82) is 0 Å². The first-order valence-electron chi connectivity index (χ1n) is 9.16. The number of thiazole rings is 1. The van der Waals surface area contributed by atoms with Crippen LogP contribution >= 0.6 is 47.1 Å². The van der Waals surface area contributed by atoms with E-state index in [1.54, 1.807) is 7.05 Å². The van der Waals surface area contributed by atoms with Crippen molar-refractivity contribution in [1.82, 2.24) is 14.4 Å². The molecule has 2 aromatic rings. The molecule has 166 valence electrons. The number of benzene rings is 1. The predicted molar refractivity (Wildman–Crippen MR) is 128 cm³/mol. The molecule has 4 rings (SSSR count). The molecule has 2 fully saturated rings. The van der Waals surface area contributed by atoms with Gasteiger partial charge in [-0.05, 0) is 5.56 Å². The van der Waals surface area contributed by atoms with Crippen LogP contribution in [-0.2, 0) is 25.8 Å². The van der Waals surface area contributed by atoms with Crippen molar-refractivity contribution in [3.63, 3.8) is 0 Å². The maximum atomic E-state index is 13.5. The molecular formula is C19H16N4O5S4. The van der Waals surface area contributed by atoms with Crippen LogP contribution in [0.3, 0.4) is 0 Å². The third-order valence-corrected chi connectivity index (χ3v) is 8.80. The first kappa shape index (κ1) is 22.7. The van der Waals surface area contributed by atoms with Gasteiger partial charge in [-0.1, -0.05) is 66.1 Å². The van der Waals surface area contributed by atoms with Crippen molar-refractivity contribution in [2.75, 3.05) is 19.3 Å². The van der Waals surface area contributed by atoms with Gasteiger partial charge in [0.15, 0.2) is 0 Å². The Morgan fingerprint density at radius 1 is 1.22 bits per heavy atom. The molecule has 0 bridgehead atoms. The van der Waals surface area contributed by atoms with Gasteiger partial charge in [0.2, 0.25) is 5.91 Å². The number of hydrogen-bond acceptors (Lipinski definition) is 10. The second-order valence-electron chi connectivity index (χ2n) is 6.74. The van der Waals surface area contributed by atoms with E-state index in [1.807, 2.05) is 30.3 Å². The molecule has 0 spiro atoms. The number of hydrogen-bond donors (Lipinski definition) is 1. The number of aromatic nitrogens is 1. The molecule has 0 saturated carbocycles. The normalized spacial score (nSPS) is 19.9. The fourth-order valence-electron chi connectivity index (χ4n) is 3.11. The second-order valence-corrected chi connectivity index (χ2v) is 10.3. The molecule has 2 aliphatic heterocycles. The van der Waals surface area contributed by atoms with Crippen LogP contribution in [0.1, 0.15) is 5.56 Å². The Kier molecular flexibility index (Phi) is 6.53. The van der Waals surface area contributed by atoms with E-state index >= 15 is 0 Å². The van der Waals surface area contributed by atoms with E-state index in [0.29, 0.717) is 18.9 Å². The SMILES string of the molecule is CN1C(=O)/C(=c2\s/c(=C3/SCC(=O)N3CC(=O)ON)c(=O)n2Cc2ccccc2)SC1=S. The highest BCUT2D eigenvalue weighted by Crippen LogP contribution is 2.31. The lowest BCUT2D eigenvalue weighted by Crippen LogP contribution is -2.38. The second kappa shape index (κ2) is 9.19. The van der Waals surface area contributed by atoms with E-state index in [-0.39, 0.29) is 34.2 Å². The van der Waals surface area contributed by atoms with Gasteiger partial charge in [-0.15, -0.1) is 11.3 Å². The summed E-state index contributed by atoms with van der Waals surface area (Å²) in [5.74, 6) is 3.57. The smallest absolute Gasteiger partial charge is 0.344 e. The molecule has 3 heterocycles. The van der Waals surface area contributed by atoms with Gasteiger partial charge < -0.3 is 4.84 Å². The Labute approximate surface area is 199 Å². The van der Waals surface area contributed by atoms with Crippen molar-refractivity contribution >= 4 is 79.1 Å². The zero-order valence-electron chi connectivity index (χ0n) is 16.6. The van der Waals surface area contributed by atoms with Gasteiger partial charge in [-0.2, -0.15) is 5.90 Å². The molecule has 2 N–H and O–H groups in total. The van der Waals surface area contributed by atoms with E-state index in [4.69, 9.17) is 18.1 Å². The van der Waals surface area contributed by atoms with E-state index in [2.05, 4.69) is 4.84 Å². The van der Waals surface area contributed by atoms with Crippen LogP contribution in [0.4, 0.5) is 0 Å². The number of rotatable bonds is 4. The lowest BCUT2D eigenvalue weighted by molar-refractivity contribution is -0.147. The predicted octanol–water partition coefficient (Wildman–Crippen LogP) is -0.386. The topological polar surface area (TPSA) is 115 Å². The Hall–Kier alpha value is -2.45. The van der Waals surface area contributed by atoms with Gasteiger partial charge in [-0.25, -0.2) is 4.79 Å². The molecule has 0 aliphatic carbocycles. The average molecular weight is 509 g/mol. The standard InChI is InChI=1S/C19H16N4O5S4/c1-21-15(26)13(32-19(21)29)18-23(7-10-5-3-2-4-6-10)16(27)14(31-18)17-22(8-12(25)28-20)11(24)9-30-17/h2-6H,7-9,20H2,1H3/b17-14+,18-13+. The fraction of sp³-hybridized carbons (Fsp3) is 0.211. The maximum Gasteiger partial charge on any atom is 0.344 e.